The maximum absolute atomic E-state index is 12.5. The fourth-order valence-electron chi connectivity index (χ4n) is 4.16. The minimum absolute atomic E-state index is 0.329. The first-order valence-electron chi connectivity index (χ1n) is 11.3. The van der Waals surface area contributed by atoms with Crippen molar-refractivity contribution in [1.82, 2.24) is 14.9 Å². The lowest BCUT2D eigenvalue weighted by Crippen LogP contribution is -2.35. The summed E-state index contributed by atoms with van der Waals surface area (Å²) < 4.78 is 11.1. The Hall–Kier alpha value is -3.41. The zero-order valence-electron chi connectivity index (χ0n) is 20.2. The second-order valence-electron chi connectivity index (χ2n) is 9.46. The van der Waals surface area contributed by atoms with Gasteiger partial charge < -0.3 is 9.47 Å². The van der Waals surface area contributed by atoms with Crippen LogP contribution in [0.15, 0.2) is 42.6 Å². The van der Waals surface area contributed by atoms with Gasteiger partial charge in [0.15, 0.2) is 5.65 Å². The molecule has 0 spiro atoms. The summed E-state index contributed by atoms with van der Waals surface area (Å²) in [5.41, 5.74) is 6.03. The minimum Gasteiger partial charge on any atom is -0.496 e. The van der Waals surface area contributed by atoms with Crippen molar-refractivity contribution in [2.24, 2.45) is 0 Å². The number of aromatic nitrogens is 2. The number of ether oxygens (including phenoxy) is 2. The monoisotopic (exact) mass is 445 g/mol. The van der Waals surface area contributed by atoms with E-state index in [2.05, 4.69) is 19.1 Å². The Balaban J connectivity index is 1.69. The highest BCUT2D eigenvalue weighted by Crippen LogP contribution is 2.33. The van der Waals surface area contributed by atoms with E-state index >= 15 is 0 Å². The second kappa shape index (κ2) is 8.85. The number of hydrogen-bond donors (Lipinski definition) is 0. The van der Waals surface area contributed by atoms with Gasteiger partial charge in [0.25, 0.3) is 0 Å². The van der Waals surface area contributed by atoms with Crippen LogP contribution in [0.4, 0.5) is 4.79 Å². The lowest BCUT2D eigenvalue weighted by atomic mass is 10.0. The maximum atomic E-state index is 12.5. The summed E-state index contributed by atoms with van der Waals surface area (Å²) >= 11 is 0. The average molecular weight is 446 g/mol. The van der Waals surface area contributed by atoms with Gasteiger partial charge >= 0.3 is 6.09 Å². The smallest absolute Gasteiger partial charge is 0.414 e. The van der Waals surface area contributed by atoms with Crippen LogP contribution in [0.5, 0.6) is 5.75 Å². The van der Waals surface area contributed by atoms with Crippen molar-refractivity contribution >= 4 is 22.7 Å². The molecule has 172 valence electrons. The van der Waals surface area contributed by atoms with E-state index in [1.165, 1.54) is 0 Å². The molecular weight excluding hydrogens is 414 g/mol. The van der Waals surface area contributed by atoms with Crippen LogP contribution in [-0.4, -0.2) is 40.2 Å². The fourth-order valence-corrected chi connectivity index (χ4v) is 4.16. The Labute approximate surface area is 195 Å². The molecule has 1 aromatic carbocycles. The van der Waals surface area contributed by atoms with Crippen LogP contribution in [0.2, 0.25) is 0 Å². The van der Waals surface area contributed by atoms with Crippen molar-refractivity contribution < 1.29 is 14.3 Å². The quantitative estimate of drug-likeness (QED) is 0.474. The first kappa shape index (κ1) is 22.8. The molecule has 0 unspecified atom stereocenters. The van der Waals surface area contributed by atoms with Gasteiger partial charge in [0.2, 0.25) is 0 Å². The first-order valence-corrected chi connectivity index (χ1v) is 11.3. The molecule has 0 atom stereocenters. The number of amides is 1. The predicted molar refractivity (Wildman–Crippen MR) is 131 cm³/mol. The Morgan fingerprint density at radius 2 is 1.70 bits per heavy atom. The molecule has 0 radical (unpaired) electrons. The summed E-state index contributed by atoms with van der Waals surface area (Å²) in [5.74, 6) is 0.880. The minimum atomic E-state index is -0.527. The van der Waals surface area contributed by atoms with E-state index in [-0.39, 0.29) is 6.09 Å². The Kier molecular flexibility index (Phi) is 6.11. The molecule has 0 aliphatic carbocycles. The van der Waals surface area contributed by atoms with E-state index < -0.39 is 5.60 Å². The first-order chi connectivity index (χ1) is 15.7. The number of allylic oxidation sites excluding steroid dienone is 1. The summed E-state index contributed by atoms with van der Waals surface area (Å²) in [5, 5.41) is 0.972. The van der Waals surface area contributed by atoms with E-state index in [0.717, 1.165) is 57.6 Å². The number of methoxy groups -OCH3 is 1. The van der Waals surface area contributed by atoms with E-state index in [4.69, 9.17) is 19.4 Å². The van der Waals surface area contributed by atoms with Gasteiger partial charge in [-0.25, -0.2) is 14.8 Å². The van der Waals surface area contributed by atoms with Gasteiger partial charge in [-0.05, 0) is 82.9 Å². The van der Waals surface area contributed by atoms with Crippen LogP contribution in [-0.2, 0) is 4.74 Å². The molecule has 4 rings (SSSR count). The fraction of sp³-hybridized carbons (Fsp3) is 0.370. The van der Waals surface area contributed by atoms with Crippen molar-refractivity contribution in [3.63, 3.8) is 0 Å². The van der Waals surface area contributed by atoms with Crippen LogP contribution in [0, 0.1) is 13.8 Å². The maximum Gasteiger partial charge on any atom is 0.414 e. The number of rotatable bonds is 3. The van der Waals surface area contributed by atoms with Crippen molar-refractivity contribution in [3.8, 4) is 17.0 Å². The van der Waals surface area contributed by atoms with Crippen LogP contribution in [0.1, 0.15) is 50.4 Å². The molecule has 3 aromatic rings. The van der Waals surface area contributed by atoms with Gasteiger partial charge in [0.05, 0.1) is 18.5 Å². The highest BCUT2D eigenvalue weighted by atomic mass is 16.6. The summed E-state index contributed by atoms with van der Waals surface area (Å²) in [6, 6.07) is 12.2. The van der Waals surface area contributed by atoms with Crippen LogP contribution in [0.25, 0.3) is 27.9 Å². The van der Waals surface area contributed by atoms with Crippen LogP contribution < -0.4 is 4.74 Å². The normalized spacial score (nSPS) is 14.2. The van der Waals surface area contributed by atoms with Crippen LogP contribution >= 0.6 is 0 Å². The molecule has 0 N–H and O–H groups in total. The molecule has 0 bridgehead atoms. The van der Waals surface area contributed by atoms with Gasteiger partial charge in [-0.1, -0.05) is 12.1 Å². The number of fused-ring (bicyclic) bond motifs is 1. The van der Waals surface area contributed by atoms with E-state index in [1.807, 2.05) is 58.2 Å². The number of carbonyl (C=O) groups is 1. The van der Waals surface area contributed by atoms with Gasteiger partial charge in [-0.3, -0.25) is 4.90 Å². The average Bonchev–Trinajstić information content (AvgIpc) is 2.78. The summed E-state index contributed by atoms with van der Waals surface area (Å²) in [7, 11) is 1.69. The van der Waals surface area contributed by atoms with Gasteiger partial charge in [0.1, 0.15) is 11.4 Å². The predicted octanol–water partition coefficient (Wildman–Crippen LogP) is 6.29. The largest absolute Gasteiger partial charge is 0.496 e. The molecule has 2 aromatic heterocycles. The third kappa shape index (κ3) is 4.85. The van der Waals surface area contributed by atoms with Crippen molar-refractivity contribution in [2.75, 3.05) is 13.7 Å². The van der Waals surface area contributed by atoms with Crippen molar-refractivity contribution in [3.05, 3.63) is 59.4 Å². The molecule has 1 aliphatic rings. The Morgan fingerprint density at radius 3 is 2.39 bits per heavy atom. The third-order valence-electron chi connectivity index (χ3n) is 5.75. The third-order valence-corrected chi connectivity index (χ3v) is 5.75. The second-order valence-corrected chi connectivity index (χ2v) is 9.46. The number of carbonyl (C=O) groups excluding carboxylic acids is 1. The summed E-state index contributed by atoms with van der Waals surface area (Å²) in [6.45, 7) is 10.4. The van der Waals surface area contributed by atoms with Crippen molar-refractivity contribution in [1.29, 1.82) is 0 Å². The molecule has 1 aliphatic heterocycles. The molecular formula is C27H31N3O3. The molecule has 0 fully saturated rings. The highest BCUT2D eigenvalue weighted by molar-refractivity contribution is 5.82. The van der Waals surface area contributed by atoms with E-state index in [1.54, 1.807) is 12.0 Å². The highest BCUT2D eigenvalue weighted by Gasteiger charge is 2.24. The van der Waals surface area contributed by atoms with Crippen LogP contribution in [0.3, 0.4) is 0 Å². The number of pyridine rings is 2. The number of nitrogens with zero attached hydrogens (tertiary/aromatic N) is 3. The topological polar surface area (TPSA) is 64.5 Å². The SMILES string of the molecule is COc1c(C)ccc(-c2ccc3ccc(C4=CN(C(=O)OC(C)(C)C)CCC4)nc3n2)c1C. The van der Waals surface area contributed by atoms with Crippen molar-refractivity contribution in [2.45, 2.75) is 53.1 Å². The lowest BCUT2D eigenvalue weighted by molar-refractivity contribution is 0.0329. The molecule has 6 nitrogen and oxygen atoms in total. The number of hydrogen-bond acceptors (Lipinski definition) is 5. The zero-order valence-corrected chi connectivity index (χ0v) is 20.2. The van der Waals surface area contributed by atoms with Gasteiger partial charge in [-0.2, -0.15) is 0 Å². The number of benzene rings is 1. The molecule has 6 heteroatoms. The summed E-state index contributed by atoms with van der Waals surface area (Å²) in [6.07, 6.45) is 3.25. The molecule has 3 heterocycles. The molecule has 0 saturated heterocycles. The van der Waals surface area contributed by atoms with E-state index in [9.17, 15) is 4.79 Å². The van der Waals surface area contributed by atoms with E-state index in [0.29, 0.717) is 12.2 Å². The summed E-state index contributed by atoms with van der Waals surface area (Å²) in [4.78, 5) is 23.9. The molecule has 33 heavy (non-hydrogen) atoms. The number of aryl methyl sites for hydroxylation is 1. The zero-order chi connectivity index (χ0) is 23.8. The van der Waals surface area contributed by atoms with Gasteiger partial charge in [-0.15, -0.1) is 0 Å². The standard InChI is InChI=1S/C27H31N3O3/c1-17-9-12-21(18(2)24(17)32-6)23-14-11-19-10-13-22(28-25(19)29-23)20-8-7-15-30(16-20)26(31)33-27(3,4)5/h9-14,16H,7-8,15H2,1-6H3. The Morgan fingerprint density at radius 1 is 1.00 bits per heavy atom. The molecule has 1 amide bonds. The lowest BCUT2D eigenvalue weighted by Gasteiger charge is -2.28. The molecule has 0 saturated carbocycles. The Bertz CT molecular complexity index is 1240. The van der Waals surface area contributed by atoms with Gasteiger partial charge in [0, 0.05) is 29.3 Å².